The quantitative estimate of drug-likeness (QED) is 0.440. The summed E-state index contributed by atoms with van der Waals surface area (Å²) in [6.45, 7) is 10.1. The molecule has 3 nitrogen and oxygen atoms in total. The van der Waals surface area contributed by atoms with Gasteiger partial charge >= 0.3 is 5.97 Å². The molecule has 0 radical (unpaired) electrons. The Labute approximate surface area is 129 Å². The first-order valence-electron chi connectivity index (χ1n) is 7.69. The number of rotatable bonds is 11. The lowest BCUT2D eigenvalue weighted by Gasteiger charge is -2.12. The summed E-state index contributed by atoms with van der Waals surface area (Å²) in [5, 5.41) is 18.1. The van der Waals surface area contributed by atoms with Crippen LogP contribution in [0, 0.1) is 11.8 Å². The maximum atomic E-state index is 10.5. The van der Waals surface area contributed by atoms with E-state index in [0.717, 1.165) is 19.3 Å². The van der Waals surface area contributed by atoms with Gasteiger partial charge in [-0.05, 0) is 44.4 Å². The lowest BCUT2D eigenvalue weighted by molar-refractivity contribution is -0.139. The van der Waals surface area contributed by atoms with Gasteiger partial charge in [0.15, 0.2) is 0 Å². The van der Waals surface area contributed by atoms with E-state index in [0.29, 0.717) is 18.3 Å². The predicted octanol–water partition coefficient (Wildman–Crippen LogP) is 4.34. The van der Waals surface area contributed by atoms with E-state index in [9.17, 15) is 9.90 Å². The zero-order valence-corrected chi connectivity index (χ0v) is 13.6. The van der Waals surface area contributed by atoms with Gasteiger partial charge in [0.1, 0.15) is 0 Å². The molecule has 0 bridgehead atoms. The van der Waals surface area contributed by atoms with Gasteiger partial charge in [0.2, 0.25) is 0 Å². The highest BCUT2D eigenvalue weighted by molar-refractivity contribution is 5.67. The highest BCUT2D eigenvalue weighted by Gasteiger charge is 2.11. The standard InChI is InChI=1S/C18H30O3/c1-5-7-15(3)12-16(4)9-6-8-14(2)10-11-17(19)13-18(20)21/h5-7,9,14,16-17,19H,1,8,10-13H2,2-4H3,(H,20,21)/b9-6+,15-7+. The Bertz CT molecular complexity index is 369. The van der Waals surface area contributed by atoms with Crippen LogP contribution in [0.3, 0.4) is 0 Å². The zero-order chi connectivity index (χ0) is 16.3. The van der Waals surface area contributed by atoms with E-state index < -0.39 is 12.1 Å². The first kappa shape index (κ1) is 19.7. The van der Waals surface area contributed by atoms with Crippen molar-refractivity contribution in [3.05, 3.63) is 36.5 Å². The number of aliphatic hydroxyl groups excluding tert-OH is 1. The molecule has 3 unspecified atom stereocenters. The van der Waals surface area contributed by atoms with E-state index in [1.54, 1.807) is 0 Å². The first-order chi connectivity index (χ1) is 9.85. The second kappa shape index (κ2) is 11.3. The fraction of sp³-hybridized carbons (Fsp3) is 0.611. The largest absolute Gasteiger partial charge is 0.481 e. The molecule has 2 N–H and O–H groups in total. The molecule has 0 aromatic rings. The smallest absolute Gasteiger partial charge is 0.305 e. The van der Waals surface area contributed by atoms with Crippen molar-refractivity contribution in [2.45, 2.75) is 59.0 Å². The van der Waals surface area contributed by atoms with Gasteiger partial charge in [0, 0.05) is 0 Å². The van der Waals surface area contributed by atoms with E-state index >= 15 is 0 Å². The van der Waals surface area contributed by atoms with Crippen LogP contribution in [0.15, 0.2) is 36.5 Å². The molecule has 120 valence electrons. The van der Waals surface area contributed by atoms with Gasteiger partial charge in [0.25, 0.3) is 0 Å². The van der Waals surface area contributed by atoms with Crippen LogP contribution in [0.25, 0.3) is 0 Å². The summed E-state index contributed by atoms with van der Waals surface area (Å²) in [5.41, 5.74) is 1.33. The average molecular weight is 294 g/mol. The van der Waals surface area contributed by atoms with Crippen molar-refractivity contribution in [1.82, 2.24) is 0 Å². The molecule has 21 heavy (non-hydrogen) atoms. The number of allylic oxidation sites excluding steroid dienone is 5. The van der Waals surface area contributed by atoms with Gasteiger partial charge < -0.3 is 10.2 Å². The maximum Gasteiger partial charge on any atom is 0.305 e. The van der Waals surface area contributed by atoms with Crippen LogP contribution in [0.2, 0.25) is 0 Å². The fourth-order valence-corrected chi connectivity index (χ4v) is 2.29. The van der Waals surface area contributed by atoms with Crippen molar-refractivity contribution < 1.29 is 15.0 Å². The van der Waals surface area contributed by atoms with E-state index in [4.69, 9.17) is 5.11 Å². The Kier molecular flexibility index (Phi) is 10.6. The molecule has 0 aromatic heterocycles. The van der Waals surface area contributed by atoms with Crippen LogP contribution < -0.4 is 0 Å². The van der Waals surface area contributed by atoms with Crippen LogP contribution in [0.5, 0.6) is 0 Å². The second-order valence-electron chi connectivity index (χ2n) is 6.03. The third-order valence-electron chi connectivity index (χ3n) is 3.45. The maximum absolute atomic E-state index is 10.5. The highest BCUT2D eigenvalue weighted by Crippen LogP contribution is 2.17. The topological polar surface area (TPSA) is 57.5 Å². The molecule has 0 saturated heterocycles. The number of hydrogen-bond donors (Lipinski definition) is 2. The number of hydrogen-bond acceptors (Lipinski definition) is 2. The van der Waals surface area contributed by atoms with E-state index in [2.05, 4.69) is 39.5 Å². The monoisotopic (exact) mass is 294 g/mol. The molecule has 0 aromatic carbocycles. The predicted molar refractivity (Wildman–Crippen MR) is 88.1 cm³/mol. The SMILES string of the molecule is C=C/C=C(\C)CC(C)/C=C/CC(C)CCC(O)CC(=O)O. The molecule has 0 heterocycles. The molecule has 0 aliphatic heterocycles. The van der Waals surface area contributed by atoms with Crippen LogP contribution in [0.1, 0.15) is 52.9 Å². The number of aliphatic carboxylic acids is 1. The lowest BCUT2D eigenvalue weighted by Crippen LogP contribution is -2.13. The van der Waals surface area contributed by atoms with Gasteiger partial charge in [0.05, 0.1) is 12.5 Å². The van der Waals surface area contributed by atoms with Crippen LogP contribution in [-0.2, 0) is 4.79 Å². The number of carboxylic acids is 1. The Balaban J connectivity index is 3.93. The number of aliphatic hydroxyl groups is 1. The van der Waals surface area contributed by atoms with Gasteiger partial charge in [-0.3, -0.25) is 4.79 Å². The molecule has 0 amide bonds. The minimum atomic E-state index is -0.938. The minimum absolute atomic E-state index is 0.158. The van der Waals surface area contributed by atoms with E-state index in [-0.39, 0.29) is 6.42 Å². The minimum Gasteiger partial charge on any atom is -0.481 e. The third kappa shape index (κ3) is 12.1. The van der Waals surface area contributed by atoms with Crippen LogP contribution in [-0.4, -0.2) is 22.3 Å². The van der Waals surface area contributed by atoms with Crippen molar-refractivity contribution in [3.63, 3.8) is 0 Å². The summed E-state index contributed by atoms with van der Waals surface area (Å²) in [6.07, 6.45) is 10.8. The van der Waals surface area contributed by atoms with Crippen molar-refractivity contribution in [2.75, 3.05) is 0 Å². The van der Waals surface area contributed by atoms with Crippen molar-refractivity contribution in [3.8, 4) is 0 Å². The zero-order valence-electron chi connectivity index (χ0n) is 13.6. The molecular weight excluding hydrogens is 264 g/mol. The normalized spacial score (nSPS) is 16.7. The molecule has 3 heteroatoms. The molecule has 0 spiro atoms. The van der Waals surface area contributed by atoms with Gasteiger partial charge in [-0.25, -0.2) is 0 Å². The Morgan fingerprint density at radius 2 is 1.90 bits per heavy atom. The van der Waals surface area contributed by atoms with E-state index in [1.165, 1.54) is 5.57 Å². The molecule has 0 fully saturated rings. The van der Waals surface area contributed by atoms with Crippen LogP contribution in [0.4, 0.5) is 0 Å². The molecular formula is C18H30O3. The summed E-state index contributed by atoms with van der Waals surface area (Å²) in [5.74, 6) is 0.0273. The molecule has 0 aliphatic rings. The Morgan fingerprint density at radius 1 is 1.24 bits per heavy atom. The third-order valence-corrected chi connectivity index (χ3v) is 3.45. The fourth-order valence-electron chi connectivity index (χ4n) is 2.29. The van der Waals surface area contributed by atoms with Crippen molar-refractivity contribution >= 4 is 5.97 Å². The number of carbonyl (C=O) groups is 1. The molecule has 0 rings (SSSR count). The molecule has 0 aliphatic carbocycles. The summed E-state index contributed by atoms with van der Waals surface area (Å²) in [4.78, 5) is 10.5. The van der Waals surface area contributed by atoms with Crippen LogP contribution >= 0.6 is 0 Å². The van der Waals surface area contributed by atoms with Crippen molar-refractivity contribution in [1.29, 1.82) is 0 Å². The molecule has 0 saturated carbocycles. The Hall–Kier alpha value is -1.35. The van der Waals surface area contributed by atoms with E-state index in [1.807, 2.05) is 12.2 Å². The average Bonchev–Trinajstić information content (AvgIpc) is 2.35. The first-order valence-corrected chi connectivity index (χ1v) is 7.69. The number of carboxylic acid groups (broad SMARTS) is 1. The van der Waals surface area contributed by atoms with Gasteiger partial charge in [-0.15, -0.1) is 0 Å². The summed E-state index contributed by atoms with van der Waals surface area (Å²) in [6, 6.07) is 0. The van der Waals surface area contributed by atoms with Gasteiger partial charge in [-0.2, -0.15) is 0 Å². The highest BCUT2D eigenvalue weighted by atomic mass is 16.4. The second-order valence-corrected chi connectivity index (χ2v) is 6.03. The van der Waals surface area contributed by atoms with Gasteiger partial charge in [-0.1, -0.05) is 50.3 Å². The molecule has 3 atom stereocenters. The summed E-state index contributed by atoms with van der Waals surface area (Å²) < 4.78 is 0. The lowest BCUT2D eigenvalue weighted by atomic mass is 9.96. The van der Waals surface area contributed by atoms with Crippen molar-refractivity contribution in [2.24, 2.45) is 11.8 Å². The Morgan fingerprint density at radius 3 is 2.48 bits per heavy atom. The summed E-state index contributed by atoms with van der Waals surface area (Å²) >= 11 is 0. The summed E-state index contributed by atoms with van der Waals surface area (Å²) in [7, 11) is 0.